The van der Waals surface area contributed by atoms with Crippen molar-refractivity contribution in [2.24, 2.45) is 5.92 Å². The molecule has 2 aromatic carbocycles. The Hall–Kier alpha value is -4.21. The van der Waals surface area contributed by atoms with E-state index in [-0.39, 0.29) is 6.09 Å². The molecule has 1 fully saturated rings. The summed E-state index contributed by atoms with van der Waals surface area (Å²) < 4.78 is 27.0. The highest BCUT2D eigenvalue weighted by molar-refractivity contribution is 5.92. The molecule has 1 N–H and O–H groups in total. The summed E-state index contributed by atoms with van der Waals surface area (Å²) in [5.41, 5.74) is 1.62. The third-order valence-corrected chi connectivity index (χ3v) is 6.72. The molecular formula is C29H36N4O6. The molecular weight excluding hydrogens is 500 g/mol. The number of methoxy groups -OCH3 is 4. The van der Waals surface area contributed by atoms with E-state index in [9.17, 15) is 4.79 Å². The minimum absolute atomic E-state index is 0.239. The van der Waals surface area contributed by atoms with Crippen LogP contribution in [0.2, 0.25) is 0 Å². The third-order valence-electron chi connectivity index (χ3n) is 6.72. The molecule has 0 aliphatic carbocycles. The maximum Gasteiger partial charge on any atom is 0.409 e. The smallest absolute Gasteiger partial charge is 0.409 e. The van der Waals surface area contributed by atoms with Gasteiger partial charge in [0.1, 0.15) is 17.3 Å². The first-order valence-corrected chi connectivity index (χ1v) is 13.0. The lowest BCUT2D eigenvalue weighted by Gasteiger charge is -2.31. The van der Waals surface area contributed by atoms with E-state index in [1.807, 2.05) is 49.4 Å². The zero-order valence-corrected chi connectivity index (χ0v) is 23.2. The molecule has 1 saturated heterocycles. The lowest BCUT2D eigenvalue weighted by atomic mass is 9.97. The summed E-state index contributed by atoms with van der Waals surface area (Å²) in [6, 6.07) is 9.39. The second-order valence-corrected chi connectivity index (χ2v) is 9.14. The number of benzene rings is 2. The van der Waals surface area contributed by atoms with Crippen LogP contribution in [0, 0.1) is 5.92 Å². The molecule has 1 aliphatic rings. The van der Waals surface area contributed by atoms with Crippen LogP contribution < -0.4 is 24.3 Å². The molecule has 3 aromatic rings. The van der Waals surface area contributed by atoms with E-state index in [1.165, 1.54) is 0 Å². The standard InChI is InChI=1S/C29H36N4O6/c1-6-39-29(34)33-11-9-19(10-12-33)18-30-28-23-16-25(37-4)26(38-5)17-24(23)31-27(32-28)8-7-20-13-21(35-2)15-22(14-20)36-3/h7-8,13-17,19H,6,9-12,18H2,1-5H3,(H,30,31,32)/b8-7+. The zero-order valence-electron chi connectivity index (χ0n) is 23.2. The third kappa shape index (κ3) is 6.81. The molecule has 1 amide bonds. The van der Waals surface area contributed by atoms with Crippen molar-refractivity contribution in [1.82, 2.24) is 14.9 Å². The van der Waals surface area contributed by atoms with E-state index in [4.69, 9.17) is 33.7 Å². The number of aromatic nitrogens is 2. The molecule has 10 heteroatoms. The van der Waals surface area contributed by atoms with Crippen molar-refractivity contribution < 1.29 is 28.5 Å². The summed E-state index contributed by atoms with van der Waals surface area (Å²) in [4.78, 5) is 23.4. The van der Waals surface area contributed by atoms with Gasteiger partial charge < -0.3 is 33.9 Å². The SMILES string of the molecule is CCOC(=O)N1CCC(CNc2nc(/C=C/c3cc(OC)cc(OC)c3)nc3cc(OC)c(OC)cc23)CC1. The maximum atomic E-state index is 12.0. The number of anilines is 1. The number of nitrogens with one attached hydrogen (secondary N) is 1. The van der Waals surface area contributed by atoms with Crippen molar-refractivity contribution in [3.8, 4) is 23.0 Å². The Bertz CT molecular complexity index is 1300. The average molecular weight is 537 g/mol. The van der Waals surface area contributed by atoms with Gasteiger partial charge in [-0.05, 0) is 55.5 Å². The van der Waals surface area contributed by atoms with Crippen LogP contribution in [0.15, 0.2) is 30.3 Å². The molecule has 0 atom stereocenters. The Morgan fingerprint density at radius 2 is 1.59 bits per heavy atom. The highest BCUT2D eigenvalue weighted by Gasteiger charge is 2.24. The Labute approximate surface area is 228 Å². The second kappa shape index (κ2) is 13.0. The number of carbonyl (C=O) groups excluding carboxylic acids is 1. The molecule has 0 bridgehead atoms. The van der Waals surface area contributed by atoms with Crippen molar-refractivity contribution >= 4 is 35.0 Å². The summed E-state index contributed by atoms with van der Waals surface area (Å²) in [6.45, 7) is 4.28. The number of piperidine rings is 1. The van der Waals surface area contributed by atoms with Crippen LogP contribution in [0.25, 0.3) is 23.1 Å². The topological polar surface area (TPSA) is 104 Å². The molecule has 0 radical (unpaired) electrons. The van der Waals surface area contributed by atoms with E-state index in [0.29, 0.717) is 66.8 Å². The number of nitrogens with zero attached hydrogens (tertiary/aromatic N) is 3. The molecule has 1 aliphatic heterocycles. The Balaban J connectivity index is 1.60. The van der Waals surface area contributed by atoms with Crippen LogP contribution >= 0.6 is 0 Å². The number of ether oxygens (including phenoxy) is 5. The fourth-order valence-electron chi connectivity index (χ4n) is 4.55. The fourth-order valence-corrected chi connectivity index (χ4v) is 4.55. The molecule has 0 unspecified atom stereocenters. The summed E-state index contributed by atoms with van der Waals surface area (Å²) in [6.07, 6.45) is 5.30. The zero-order chi connectivity index (χ0) is 27.8. The van der Waals surface area contributed by atoms with Gasteiger partial charge in [0.05, 0.1) is 40.6 Å². The van der Waals surface area contributed by atoms with Crippen molar-refractivity contribution in [2.75, 3.05) is 60.0 Å². The first-order chi connectivity index (χ1) is 19.0. The molecule has 0 spiro atoms. The van der Waals surface area contributed by atoms with Gasteiger partial charge in [-0.3, -0.25) is 0 Å². The van der Waals surface area contributed by atoms with Gasteiger partial charge in [0.25, 0.3) is 0 Å². The van der Waals surface area contributed by atoms with E-state index < -0.39 is 0 Å². The second-order valence-electron chi connectivity index (χ2n) is 9.14. The first-order valence-electron chi connectivity index (χ1n) is 13.0. The summed E-state index contributed by atoms with van der Waals surface area (Å²) >= 11 is 0. The largest absolute Gasteiger partial charge is 0.497 e. The van der Waals surface area contributed by atoms with E-state index in [0.717, 1.165) is 29.3 Å². The first kappa shape index (κ1) is 27.8. The highest BCUT2D eigenvalue weighted by atomic mass is 16.6. The summed E-state index contributed by atoms with van der Waals surface area (Å²) in [7, 11) is 6.45. The molecule has 10 nitrogen and oxygen atoms in total. The number of fused-ring (bicyclic) bond motifs is 1. The number of hydrogen-bond acceptors (Lipinski definition) is 9. The van der Waals surface area contributed by atoms with E-state index in [2.05, 4.69) is 5.32 Å². The van der Waals surface area contributed by atoms with Crippen molar-refractivity contribution in [3.63, 3.8) is 0 Å². The minimum Gasteiger partial charge on any atom is -0.497 e. The molecule has 2 heterocycles. The van der Waals surface area contributed by atoms with Crippen molar-refractivity contribution in [1.29, 1.82) is 0 Å². The molecule has 4 rings (SSSR count). The van der Waals surface area contributed by atoms with Gasteiger partial charge in [0.15, 0.2) is 17.3 Å². The Morgan fingerprint density at radius 3 is 2.21 bits per heavy atom. The molecule has 1 aromatic heterocycles. The molecule has 39 heavy (non-hydrogen) atoms. The lowest BCUT2D eigenvalue weighted by Crippen LogP contribution is -2.40. The fraction of sp³-hybridized carbons (Fsp3) is 0.414. The Kier molecular flexibility index (Phi) is 9.30. The van der Waals surface area contributed by atoms with Gasteiger partial charge >= 0.3 is 6.09 Å². The van der Waals surface area contributed by atoms with Crippen LogP contribution in [0.1, 0.15) is 31.2 Å². The Morgan fingerprint density at radius 1 is 0.923 bits per heavy atom. The van der Waals surface area contributed by atoms with E-state index >= 15 is 0 Å². The number of amides is 1. The van der Waals surface area contributed by atoms with Gasteiger partial charge in [-0.15, -0.1) is 0 Å². The van der Waals surface area contributed by atoms with Gasteiger partial charge in [-0.2, -0.15) is 0 Å². The lowest BCUT2D eigenvalue weighted by molar-refractivity contribution is 0.0928. The monoisotopic (exact) mass is 536 g/mol. The van der Waals surface area contributed by atoms with Crippen molar-refractivity contribution in [3.05, 3.63) is 41.7 Å². The van der Waals surface area contributed by atoms with Gasteiger partial charge in [0, 0.05) is 37.2 Å². The van der Waals surface area contributed by atoms with Gasteiger partial charge in [-0.1, -0.05) is 6.08 Å². The van der Waals surface area contributed by atoms with Crippen LogP contribution in [0.5, 0.6) is 23.0 Å². The quantitative estimate of drug-likeness (QED) is 0.378. The molecule has 0 saturated carbocycles. The highest BCUT2D eigenvalue weighted by Crippen LogP contribution is 2.34. The number of carbonyl (C=O) groups is 1. The van der Waals surface area contributed by atoms with Crippen molar-refractivity contribution in [2.45, 2.75) is 19.8 Å². The molecule has 208 valence electrons. The number of hydrogen-bond donors (Lipinski definition) is 1. The summed E-state index contributed by atoms with van der Waals surface area (Å²) in [5, 5.41) is 4.36. The predicted molar refractivity (Wildman–Crippen MR) is 151 cm³/mol. The predicted octanol–water partition coefficient (Wildman–Crippen LogP) is 5.12. The van der Waals surface area contributed by atoms with Crippen LogP contribution in [-0.4, -0.2) is 75.6 Å². The van der Waals surface area contributed by atoms with Crippen LogP contribution in [0.4, 0.5) is 10.6 Å². The summed E-state index contributed by atoms with van der Waals surface area (Å²) in [5.74, 6) is 4.22. The number of likely N-dealkylation sites (tertiary alicyclic amines) is 1. The van der Waals surface area contributed by atoms with Gasteiger partial charge in [0.2, 0.25) is 0 Å². The van der Waals surface area contributed by atoms with Crippen LogP contribution in [0.3, 0.4) is 0 Å². The normalized spacial score (nSPS) is 13.9. The van der Waals surface area contributed by atoms with Crippen LogP contribution in [-0.2, 0) is 4.74 Å². The maximum absolute atomic E-state index is 12.0. The average Bonchev–Trinajstić information content (AvgIpc) is 2.98. The minimum atomic E-state index is -0.239. The van der Waals surface area contributed by atoms with E-state index in [1.54, 1.807) is 33.3 Å². The van der Waals surface area contributed by atoms with Gasteiger partial charge in [-0.25, -0.2) is 14.8 Å². The number of rotatable bonds is 10.